The lowest BCUT2D eigenvalue weighted by Gasteiger charge is -2.32. The van der Waals surface area contributed by atoms with Crippen molar-refractivity contribution in [3.63, 3.8) is 0 Å². The van der Waals surface area contributed by atoms with Crippen LogP contribution in [0.25, 0.3) is 0 Å². The Hall–Kier alpha value is -1.42. The molecular weight excluding hydrogens is 254 g/mol. The molecule has 112 valence electrons. The van der Waals surface area contributed by atoms with Crippen LogP contribution in [0.15, 0.2) is 18.2 Å². The van der Waals surface area contributed by atoms with E-state index < -0.39 is 0 Å². The van der Waals surface area contributed by atoms with Crippen molar-refractivity contribution in [2.75, 3.05) is 34.4 Å². The molecule has 1 fully saturated rings. The van der Waals surface area contributed by atoms with Crippen LogP contribution in [0.2, 0.25) is 0 Å². The lowest BCUT2D eigenvalue weighted by Crippen LogP contribution is -2.37. The molecular formula is C16H25NO3. The van der Waals surface area contributed by atoms with Crippen molar-refractivity contribution >= 4 is 0 Å². The van der Waals surface area contributed by atoms with E-state index in [4.69, 9.17) is 14.2 Å². The third-order valence-corrected chi connectivity index (χ3v) is 4.00. The van der Waals surface area contributed by atoms with Crippen LogP contribution in [-0.4, -0.2) is 45.4 Å². The minimum Gasteiger partial charge on any atom is -0.493 e. The topological polar surface area (TPSA) is 30.9 Å². The molecule has 0 bridgehead atoms. The smallest absolute Gasteiger partial charge is 0.164 e. The van der Waals surface area contributed by atoms with E-state index in [2.05, 4.69) is 11.9 Å². The van der Waals surface area contributed by atoms with Crippen molar-refractivity contribution in [3.8, 4) is 17.2 Å². The molecule has 0 aromatic heterocycles. The van der Waals surface area contributed by atoms with Crippen molar-refractivity contribution < 1.29 is 14.2 Å². The van der Waals surface area contributed by atoms with Gasteiger partial charge in [0, 0.05) is 12.1 Å². The SMILES string of the molecule is COc1ccc(OCCC2CCCCN2C)cc1OC. The standard InChI is InChI=1S/C16H25NO3/c1-17-10-5-4-6-13(17)9-11-20-14-7-8-15(18-2)16(12-14)19-3/h7-8,12-13H,4-6,9-11H2,1-3H3. The predicted octanol–water partition coefficient (Wildman–Crippen LogP) is 2.96. The first-order valence-electron chi connectivity index (χ1n) is 7.29. The fourth-order valence-corrected chi connectivity index (χ4v) is 2.73. The van der Waals surface area contributed by atoms with Gasteiger partial charge in [-0.05, 0) is 45.0 Å². The minimum atomic E-state index is 0.656. The summed E-state index contributed by atoms with van der Waals surface area (Å²) < 4.78 is 16.3. The summed E-state index contributed by atoms with van der Waals surface area (Å²) in [6, 6.07) is 6.33. The number of hydrogen-bond acceptors (Lipinski definition) is 4. The first kappa shape index (κ1) is 15.0. The summed E-state index contributed by atoms with van der Waals surface area (Å²) in [4.78, 5) is 2.45. The van der Waals surface area contributed by atoms with Gasteiger partial charge in [-0.2, -0.15) is 0 Å². The van der Waals surface area contributed by atoms with Gasteiger partial charge in [-0.25, -0.2) is 0 Å². The van der Waals surface area contributed by atoms with Crippen LogP contribution in [0.4, 0.5) is 0 Å². The Bertz CT molecular complexity index is 422. The van der Waals surface area contributed by atoms with Crippen LogP contribution >= 0.6 is 0 Å². The molecule has 1 unspecified atom stereocenters. The van der Waals surface area contributed by atoms with Gasteiger partial charge < -0.3 is 19.1 Å². The van der Waals surface area contributed by atoms with Gasteiger partial charge in [0.2, 0.25) is 0 Å². The van der Waals surface area contributed by atoms with Crippen molar-refractivity contribution in [1.29, 1.82) is 0 Å². The molecule has 1 aromatic carbocycles. The van der Waals surface area contributed by atoms with Crippen molar-refractivity contribution in [3.05, 3.63) is 18.2 Å². The number of rotatable bonds is 6. The van der Waals surface area contributed by atoms with Crippen LogP contribution < -0.4 is 14.2 Å². The van der Waals surface area contributed by atoms with Gasteiger partial charge in [0.05, 0.1) is 20.8 Å². The van der Waals surface area contributed by atoms with Gasteiger partial charge in [0.15, 0.2) is 11.5 Å². The zero-order valence-corrected chi connectivity index (χ0v) is 12.7. The van der Waals surface area contributed by atoms with E-state index in [-0.39, 0.29) is 0 Å². The highest BCUT2D eigenvalue weighted by Crippen LogP contribution is 2.31. The Kier molecular flexibility index (Phi) is 5.53. The number of piperidine rings is 1. The molecule has 0 amide bonds. The van der Waals surface area contributed by atoms with Gasteiger partial charge in [0.25, 0.3) is 0 Å². The Morgan fingerprint density at radius 1 is 1.15 bits per heavy atom. The van der Waals surface area contributed by atoms with E-state index in [1.807, 2.05) is 18.2 Å². The monoisotopic (exact) mass is 279 g/mol. The largest absolute Gasteiger partial charge is 0.493 e. The zero-order chi connectivity index (χ0) is 14.4. The van der Waals surface area contributed by atoms with E-state index in [9.17, 15) is 0 Å². The molecule has 1 atom stereocenters. The van der Waals surface area contributed by atoms with Crippen LogP contribution in [0.3, 0.4) is 0 Å². The van der Waals surface area contributed by atoms with Gasteiger partial charge in [-0.3, -0.25) is 0 Å². The molecule has 0 spiro atoms. The minimum absolute atomic E-state index is 0.656. The molecule has 0 aliphatic carbocycles. The Labute approximate surface area is 121 Å². The number of nitrogens with zero attached hydrogens (tertiary/aromatic N) is 1. The lowest BCUT2D eigenvalue weighted by atomic mass is 10.0. The lowest BCUT2D eigenvalue weighted by molar-refractivity contribution is 0.153. The third kappa shape index (κ3) is 3.79. The second-order valence-electron chi connectivity index (χ2n) is 5.28. The first-order chi connectivity index (χ1) is 9.74. The number of likely N-dealkylation sites (tertiary alicyclic amines) is 1. The second kappa shape index (κ2) is 7.39. The fraction of sp³-hybridized carbons (Fsp3) is 0.625. The Morgan fingerprint density at radius 3 is 2.65 bits per heavy atom. The number of benzene rings is 1. The maximum absolute atomic E-state index is 5.84. The zero-order valence-electron chi connectivity index (χ0n) is 12.7. The first-order valence-corrected chi connectivity index (χ1v) is 7.29. The van der Waals surface area contributed by atoms with Crippen LogP contribution in [0.5, 0.6) is 17.2 Å². The number of methoxy groups -OCH3 is 2. The fourth-order valence-electron chi connectivity index (χ4n) is 2.73. The molecule has 20 heavy (non-hydrogen) atoms. The molecule has 2 rings (SSSR count). The average Bonchev–Trinajstić information content (AvgIpc) is 2.49. The van der Waals surface area contributed by atoms with Gasteiger partial charge in [-0.1, -0.05) is 6.42 Å². The number of hydrogen-bond donors (Lipinski definition) is 0. The summed E-state index contributed by atoms with van der Waals surface area (Å²) in [5.41, 5.74) is 0. The molecule has 0 saturated carbocycles. The highest BCUT2D eigenvalue weighted by Gasteiger charge is 2.18. The summed E-state index contributed by atoms with van der Waals surface area (Å²) in [6.07, 6.45) is 5.02. The summed E-state index contributed by atoms with van der Waals surface area (Å²) in [5, 5.41) is 0. The van der Waals surface area contributed by atoms with E-state index in [0.29, 0.717) is 11.8 Å². The molecule has 1 aromatic rings. The molecule has 1 heterocycles. The summed E-state index contributed by atoms with van der Waals surface area (Å²) in [5.74, 6) is 2.27. The summed E-state index contributed by atoms with van der Waals surface area (Å²) in [6.45, 7) is 1.95. The van der Waals surface area contributed by atoms with Crippen molar-refractivity contribution in [2.45, 2.75) is 31.7 Å². The van der Waals surface area contributed by atoms with Gasteiger partial charge in [-0.15, -0.1) is 0 Å². The third-order valence-electron chi connectivity index (χ3n) is 4.00. The molecule has 1 aliphatic rings. The molecule has 1 saturated heterocycles. The maximum atomic E-state index is 5.84. The summed E-state index contributed by atoms with van der Waals surface area (Å²) in [7, 11) is 5.48. The molecule has 1 aliphatic heterocycles. The van der Waals surface area contributed by atoms with Crippen LogP contribution in [0.1, 0.15) is 25.7 Å². The predicted molar refractivity (Wildman–Crippen MR) is 79.9 cm³/mol. The van der Waals surface area contributed by atoms with Crippen LogP contribution in [-0.2, 0) is 0 Å². The number of ether oxygens (including phenoxy) is 3. The summed E-state index contributed by atoms with van der Waals surface area (Å²) >= 11 is 0. The molecule has 4 heteroatoms. The van der Waals surface area contributed by atoms with Gasteiger partial charge >= 0.3 is 0 Å². The van der Waals surface area contributed by atoms with Crippen LogP contribution in [0, 0.1) is 0 Å². The Morgan fingerprint density at radius 2 is 1.95 bits per heavy atom. The quantitative estimate of drug-likeness (QED) is 0.801. The van der Waals surface area contributed by atoms with E-state index in [1.54, 1.807) is 14.2 Å². The maximum Gasteiger partial charge on any atom is 0.164 e. The highest BCUT2D eigenvalue weighted by molar-refractivity contribution is 5.45. The normalized spacial score (nSPS) is 19.6. The molecule has 0 N–H and O–H groups in total. The molecule has 4 nitrogen and oxygen atoms in total. The van der Waals surface area contributed by atoms with Gasteiger partial charge in [0.1, 0.15) is 5.75 Å². The van der Waals surface area contributed by atoms with E-state index in [0.717, 1.165) is 24.5 Å². The highest BCUT2D eigenvalue weighted by atomic mass is 16.5. The Balaban J connectivity index is 1.84. The van der Waals surface area contributed by atoms with Crippen molar-refractivity contribution in [1.82, 2.24) is 4.90 Å². The van der Waals surface area contributed by atoms with E-state index >= 15 is 0 Å². The van der Waals surface area contributed by atoms with E-state index in [1.165, 1.54) is 25.8 Å². The van der Waals surface area contributed by atoms with Crippen molar-refractivity contribution in [2.24, 2.45) is 0 Å². The molecule has 0 radical (unpaired) electrons. The second-order valence-corrected chi connectivity index (χ2v) is 5.28. The average molecular weight is 279 g/mol.